The van der Waals surface area contributed by atoms with Crippen molar-refractivity contribution in [1.29, 1.82) is 0 Å². The summed E-state index contributed by atoms with van der Waals surface area (Å²) in [5, 5.41) is 3.57. The standard InChI is InChI=1S/C24H27BrClN3O2S/c1-2-3-4-5-6-15-29-22(30)16-21(23(31)27-19-11-7-17(25)8-12-19)32-24(29)28-20-13-9-18(26)10-14-20/h7-14,21H,2-6,15-16H2,1H3,(H,27,31). The second-order valence-corrected chi connectivity index (χ2v) is 10.2. The molecule has 1 aliphatic heterocycles. The maximum atomic E-state index is 13.0. The highest BCUT2D eigenvalue weighted by molar-refractivity contribution is 9.10. The Labute approximate surface area is 207 Å². The van der Waals surface area contributed by atoms with Crippen LogP contribution in [0.2, 0.25) is 5.02 Å². The van der Waals surface area contributed by atoms with E-state index in [4.69, 9.17) is 16.6 Å². The van der Waals surface area contributed by atoms with E-state index in [9.17, 15) is 9.59 Å². The topological polar surface area (TPSA) is 61.8 Å². The number of carbonyl (C=O) groups is 2. The lowest BCUT2D eigenvalue weighted by molar-refractivity contribution is -0.129. The third-order valence-electron chi connectivity index (χ3n) is 5.08. The van der Waals surface area contributed by atoms with Crippen molar-refractivity contribution >= 4 is 67.6 Å². The fourth-order valence-corrected chi connectivity index (χ4v) is 4.83. The molecule has 2 aromatic carbocycles. The minimum Gasteiger partial charge on any atom is -0.325 e. The Bertz CT molecular complexity index is 951. The number of nitrogens with one attached hydrogen (secondary N) is 1. The molecule has 0 bridgehead atoms. The molecule has 1 unspecified atom stereocenters. The molecule has 0 aliphatic carbocycles. The summed E-state index contributed by atoms with van der Waals surface area (Å²) in [6.45, 7) is 2.80. The maximum Gasteiger partial charge on any atom is 0.238 e. The van der Waals surface area contributed by atoms with E-state index < -0.39 is 5.25 Å². The maximum absolute atomic E-state index is 13.0. The van der Waals surface area contributed by atoms with Crippen molar-refractivity contribution in [3.8, 4) is 0 Å². The first-order valence-electron chi connectivity index (χ1n) is 10.8. The molecule has 0 aromatic heterocycles. The van der Waals surface area contributed by atoms with Gasteiger partial charge >= 0.3 is 0 Å². The molecule has 2 amide bonds. The summed E-state index contributed by atoms with van der Waals surface area (Å²) in [6.07, 6.45) is 5.69. The molecule has 2 aromatic rings. The highest BCUT2D eigenvalue weighted by Crippen LogP contribution is 2.30. The van der Waals surface area contributed by atoms with Crippen molar-refractivity contribution in [2.75, 3.05) is 11.9 Å². The largest absolute Gasteiger partial charge is 0.325 e. The lowest BCUT2D eigenvalue weighted by Crippen LogP contribution is -2.45. The van der Waals surface area contributed by atoms with Crippen LogP contribution in [0.15, 0.2) is 58.0 Å². The SMILES string of the molecule is CCCCCCCN1C(=O)CC(C(=O)Nc2ccc(Br)cc2)SC1=Nc1ccc(Cl)cc1. The number of anilines is 1. The van der Waals surface area contributed by atoms with E-state index in [1.807, 2.05) is 36.4 Å². The molecule has 1 saturated heterocycles. The quantitative estimate of drug-likeness (QED) is 0.350. The lowest BCUT2D eigenvalue weighted by Gasteiger charge is -2.32. The van der Waals surface area contributed by atoms with E-state index in [-0.39, 0.29) is 18.2 Å². The van der Waals surface area contributed by atoms with Gasteiger partial charge < -0.3 is 5.32 Å². The number of halogens is 2. The van der Waals surface area contributed by atoms with Gasteiger partial charge in [0.1, 0.15) is 5.25 Å². The number of hydrogen-bond acceptors (Lipinski definition) is 4. The van der Waals surface area contributed by atoms with Gasteiger partial charge in [-0.2, -0.15) is 0 Å². The summed E-state index contributed by atoms with van der Waals surface area (Å²) in [7, 11) is 0. The van der Waals surface area contributed by atoms with Crippen LogP contribution in [-0.2, 0) is 9.59 Å². The molecule has 5 nitrogen and oxygen atoms in total. The second-order valence-electron chi connectivity index (χ2n) is 7.64. The van der Waals surface area contributed by atoms with Crippen LogP contribution in [0.3, 0.4) is 0 Å². The highest BCUT2D eigenvalue weighted by Gasteiger charge is 2.35. The molecule has 0 radical (unpaired) electrons. The lowest BCUT2D eigenvalue weighted by atomic mass is 10.1. The summed E-state index contributed by atoms with van der Waals surface area (Å²) in [5.74, 6) is -0.264. The number of nitrogens with zero attached hydrogens (tertiary/aromatic N) is 2. The first kappa shape index (κ1) is 24.8. The molecule has 0 saturated carbocycles. The molecule has 1 heterocycles. The Hall–Kier alpha value is -1.83. The van der Waals surface area contributed by atoms with Gasteiger partial charge in [-0.05, 0) is 55.0 Å². The molecule has 170 valence electrons. The van der Waals surface area contributed by atoms with Crippen LogP contribution in [0.1, 0.15) is 45.4 Å². The Balaban J connectivity index is 1.74. The number of thioether (sulfide) groups is 1. The van der Waals surface area contributed by atoms with Gasteiger partial charge in [-0.3, -0.25) is 14.5 Å². The van der Waals surface area contributed by atoms with Crippen molar-refractivity contribution in [2.24, 2.45) is 4.99 Å². The first-order chi connectivity index (χ1) is 15.5. The molecule has 32 heavy (non-hydrogen) atoms. The number of benzene rings is 2. The van der Waals surface area contributed by atoms with Crippen molar-refractivity contribution in [3.63, 3.8) is 0 Å². The van der Waals surface area contributed by atoms with Crippen LogP contribution in [-0.4, -0.2) is 33.7 Å². The average molecular weight is 537 g/mol. The van der Waals surface area contributed by atoms with E-state index in [0.29, 0.717) is 28.1 Å². The molecular weight excluding hydrogens is 510 g/mol. The van der Waals surface area contributed by atoms with E-state index >= 15 is 0 Å². The molecule has 1 fully saturated rings. The van der Waals surface area contributed by atoms with Gasteiger partial charge in [0.05, 0.1) is 5.69 Å². The van der Waals surface area contributed by atoms with Crippen LogP contribution in [0.5, 0.6) is 0 Å². The molecule has 3 rings (SSSR count). The number of carbonyl (C=O) groups excluding carboxylic acids is 2. The summed E-state index contributed by atoms with van der Waals surface area (Å²) >= 11 is 10.7. The van der Waals surface area contributed by atoms with Crippen LogP contribution >= 0.6 is 39.3 Å². The number of unbranched alkanes of at least 4 members (excludes halogenated alkanes) is 4. The first-order valence-corrected chi connectivity index (χ1v) is 12.9. The Kier molecular flexibility index (Phi) is 9.63. The Morgan fingerprint density at radius 3 is 2.50 bits per heavy atom. The highest BCUT2D eigenvalue weighted by atomic mass is 79.9. The minimum atomic E-state index is -0.534. The molecular formula is C24H27BrClN3O2S. The van der Waals surface area contributed by atoms with Crippen LogP contribution in [0.4, 0.5) is 11.4 Å². The minimum absolute atomic E-state index is 0.0667. The van der Waals surface area contributed by atoms with Crippen molar-refractivity contribution < 1.29 is 9.59 Å². The van der Waals surface area contributed by atoms with Gasteiger partial charge in [-0.25, -0.2) is 4.99 Å². The molecule has 0 spiro atoms. The van der Waals surface area contributed by atoms with Gasteiger partial charge in [0, 0.05) is 28.1 Å². The van der Waals surface area contributed by atoms with Gasteiger partial charge in [-0.15, -0.1) is 0 Å². The third-order valence-corrected chi connectivity index (χ3v) is 7.05. The fraction of sp³-hybridized carbons (Fsp3) is 0.375. The van der Waals surface area contributed by atoms with Crippen LogP contribution < -0.4 is 5.32 Å². The number of amidine groups is 1. The van der Waals surface area contributed by atoms with E-state index in [1.54, 1.807) is 17.0 Å². The fourth-order valence-electron chi connectivity index (χ4n) is 3.32. The van der Waals surface area contributed by atoms with Crippen molar-refractivity contribution in [3.05, 3.63) is 58.0 Å². The smallest absolute Gasteiger partial charge is 0.238 e. The zero-order valence-electron chi connectivity index (χ0n) is 18.0. The molecule has 1 aliphatic rings. The molecule has 8 heteroatoms. The number of aliphatic imine (C=N–C) groups is 1. The van der Waals surface area contributed by atoms with Gasteiger partial charge in [0.15, 0.2) is 5.17 Å². The van der Waals surface area contributed by atoms with Crippen molar-refractivity contribution in [2.45, 2.75) is 50.7 Å². The number of rotatable bonds is 9. The van der Waals surface area contributed by atoms with Crippen LogP contribution in [0, 0.1) is 0 Å². The summed E-state index contributed by atoms with van der Waals surface area (Å²) in [5.41, 5.74) is 1.40. The predicted molar refractivity (Wildman–Crippen MR) is 138 cm³/mol. The Morgan fingerprint density at radius 1 is 1.12 bits per heavy atom. The van der Waals surface area contributed by atoms with Gasteiger partial charge in [0.25, 0.3) is 0 Å². The summed E-state index contributed by atoms with van der Waals surface area (Å²) in [6, 6.07) is 14.5. The number of amides is 2. The van der Waals surface area contributed by atoms with E-state index in [0.717, 1.165) is 23.7 Å². The zero-order valence-corrected chi connectivity index (χ0v) is 21.2. The van der Waals surface area contributed by atoms with E-state index in [1.165, 1.54) is 24.6 Å². The van der Waals surface area contributed by atoms with Crippen LogP contribution in [0.25, 0.3) is 0 Å². The normalized spacial score (nSPS) is 17.6. The predicted octanol–water partition coefficient (Wildman–Crippen LogP) is 7.03. The van der Waals surface area contributed by atoms with Crippen molar-refractivity contribution in [1.82, 2.24) is 4.90 Å². The Morgan fingerprint density at radius 2 is 1.81 bits per heavy atom. The van der Waals surface area contributed by atoms with Gasteiger partial charge in [0.2, 0.25) is 11.8 Å². The summed E-state index contributed by atoms with van der Waals surface area (Å²) < 4.78 is 0.935. The third kappa shape index (κ3) is 7.36. The van der Waals surface area contributed by atoms with E-state index in [2.05, 4.69) is 28.2 Å². The zero-order chi connectivity index (χ0) is 22.9. The van der Waals surface area contributed by atoms with Gasteiger partial charge in [-0.1, -0.05) is 71.9 Å². The monoisotopic (exact) mass is 535 g/mol. The average Bonchev–Trinajstić information content (AvgIpc) is 2.78. The second kappa shape index (κ2) is 12.4. The molecule has 1 N–H and O–H groups in total. The molecule has 1 atom stereocenters. The number of hydrogen-bond donors (Lipinski definition) is 1. The summed E-state index contributed by atoms with van der Waals surface area (Å²) in [4.78, 5) is 32.3.